The number of ether oxygens (including phenoxy) is 2. The Morgan fingerprint density at radius 2 is 1.88 bits per heavy atom. The number of carbonyl (C=O) groups is 1. The van der Waals surface area contributed by atoms with E-state index in [0.717, 1.165) is 57.8 Å². The number of nitrogens with one attached hydrogen (secondary N) is 2. The van der Waals surface area contributed by atoms with Gasteiger partial charge in [-0.25, -0.2) is 0 Å². The molecule has 0 amide bonds. The van der Waals surface area contributed by atoms with Gasteiger partial charge in [-0.1, -0.05) is 19.3 Å². The van der Waals surface area contributed by atoms with Gasteiger partial charge in [0.15, 0.2) is 5.96 Å². The summed E-state index contributed by atoms with van der Waals surface area (Å²) in [5.41, 5.74) is 0.390. The first-order chi connectivity index (χ1) is 11.7. The highest BCUT2D eigenvalue weighted by Crippen LogP contribution is 2.43. The summed E-state index contributed by atoms with van der Waals surface area (Å²) in [5, 5.41) is 6.84. The second-order valence-electron chi connectivity index (χ2n) is 6.69. The molecule has 1 saturated carbocycles. The Labute approximate surface area is 146 Å². The van der Waals surface area contributed by atoms with Crippen molar-refractivity contribution in [3.05, 3.63) is 0 Å². The third-order valence-electron chi connectivity index (χ3n) is 4.93. The van der Waals surface area contributed by atoms with Crippen molar-refractivity contribution in [3.8, 4) is 0 Å². The Hall–Kier alpha value is -1.30. The van der Waals surface area contributed by atoms with Gasteiger partial charge in [-0.05, 0) is 37.5 Å². The number of esters is 1. The predicted octanol–water partition coefficient (Wildman–Crippen LogP) is 2.48. The molecule has 0 saturated heterocycles. The van der Waals surface area contributed by atoms with Gasteiger partial charge >= 0.3 is 5.97 Å². The minimum absolute atomic E-state index is 0.115. The number of carbonyl (C=O) groups excluding carboxylic acids is 1. The summed E-state index contributed by atoms with van der Waals surface area (Å²) in [6, 6.07) is 0. The lowest BCUT2D eigenvalue weighted by Gasteiger charge is -2.42. The topological polar surface area (TPSA) is 72.0 Å². The molecule has 1 aliphatic rings. The molecule has 6 nitrogen and oxygen atoms in total. The van der Waals surface area contributed by atoms with Crippen LogP contribution in [0.15, 0.2) is 4.99 Å². The van der Waals surface area contributed by atoms with Gasteiger partial charge in [0.2, 0.25) is 0 Å². The van der Waals surface area contributed by atoms with E-state index in [1.54, 1.807) is 7.11 Å². The number of aliphatic imine (C=N–C) groups is 1. The van der Waals surface area contributed by atoms with Crippen LogP contribution in [0.5, 0.6) is 0 Å². The zero-order valence-corrected chi connectivity index (χ0v) is 15.7. The molecular weight excluding hydrogens is 306 g/mol. The van der Waals surface area contributed by atoms with Gasteiger partial charge in [-0.2, -0.15) is 0 Å². The van der Waals surface area contributed by atoms with Crippen molar-refractivity contribution >= 4 is 11.9 Å². The average molecular weight is 341 g/mol. The van der Waals surface area contributed by atoms with Gasteiger partial charge in [0.05, 0.1) is 7.11 Å². The van der Waals surface area contributed by atoms with Crippen molar-refractivity contribution < 1.29 is 14.3 Å². The largest absolute Gasteiger partial charge is 0.469 e. The summed E-state index contributed by atoms with van der Waals surface area (Å²) >= 11 is 0. The third-order valence-corrected chi connectivity index (χ3v) is 4.93. The molecule has 140 valence electrons. The van der Waals surface area contributed by atoms with E-state index in [0.29, 0.717) is 11.8 Å². The molecule has 6 heteroatoms. The van der Waals surface area contributed by atoms with Crippen LogP contribution in [-0.2, 0) is 14.3 Å². The van der Waals surface area contributed by atoms with Crippen LogP contribution in [0.25, 0.3) is 0 Å². The Balaban J connectivity index is 2.09. The normalized spacial score (nSPS) is 16.4. The van der Waals surface area contributed by atoms with E-state index >= 15 is 0 Å². The number of rotatable bonds is 12. The van der Waals surface area contributed by atoms with Crippen molar-refractivity contribution in [3.63, 3.8) is 0 Å². The van der Waals surface area contributed by atoms with E-state index in [2.05, 4.69) is 20.4 Å². The Kier molecular flexibility index (Phi) is 10.5. The zero-order valence-electron chi connectivity index (χ0n) is 15.7. The van der Waals surface area contributed by atoms with Crippen LogP contribution in [0.2, 0.25) is 0 Å². The van der Waals surface area contributed by atoms with Crippen molar-refractivity contribution in [2.45, 2.75) is 57.8 Å². The number of methoxy groups -OCH3 is 2. The van der Waals surface area contributed by atoms with E-state index in [9.17, 15) is 4.79 Å². The molecule has 1 fully saturated rings. The summed E-state index contributed by atoms with van der Waals surface area (Å²) in [6.45, 7) is 2.71. The number of unbranched alkanes of at least 4 members (excludes halogenated alkanes) is 3. The maximum Gasteiger partial charge on any atom is 0.305 e. The number of guanidine groups is 1. The summed E-state index contributed by atoms with van der Waals surface area (Å²) in [7, 11) is 5.02. The van der Waals surface area contributed by atoms with Crippen LogP contribution in [0.4, 0.5) is 0 Å². The molecule has 0 heterocycles. The van der Waals surface area contributed by atoms with Crippen molar-refractivity contribution in [2.24, 2.45) is 10.4 Å². The minimum Gasteiger partial charge on any atom is -0.469 e. The maximum atomic E-state index is 11.0. The van der Waals surface area contributed by atoms with E-state index in [1.807, 2.05) is 7.05 Å². The fourth-order valence-electron chi connectivity index (χ4n) is 3.06. The molecule has 0 aliphatic heterocycles. The van der Waals surface area contributed by atoms with Crippen LogP contribution >= 0.6 is 0 Å². The molecule has 0 aromatic carbocycles. The molecule has 0 spiro atoms. The summed E-state index contributed by atoms with van der Waals surface area (Å²) < 4.78 is 9.87. The van der Waals surface area contributed by atoms with Crippen LogP contribution in [0.3, 0.4) is 0 Å². The molecule has 0 bridgehead atoms. The summed E-state index contributed by atoms with van der Waals surface area (Å²) in [5.74, 6) is 0.768. The zero-order chi connectivity index (χ0) is 17.7. The second kappa shape index (κ2) is 12.1. The molecular formula is C18H35N3O3. The fraction of sp³-hybridized carbons (Fsp3) is 0.889. The first-order valence-corrected chi connectivity index (χ1v) is 9.16. The molecule has 2 N–H and O–H groups in total. The Morgan fingerprint density at radius 3 is 2.46 bits per heavy atom. The van der Waals surface area contributed by atoms with Crippen LogP contribution in [-0.4, -0.2) is 52.9 Å². The van der Waals surface area contributed by atoms with E-state index in [4.69, 9.17) is 4.74 Å². The maximum absolute atomic E-state index is 11.0. The van der Waals surface area contributed by atoms with Crippen LogP contribution in [0, 0.1) is 5.41 Å². The highest BCUT2D eigenvalue weighted by Gasteiger charge is 2.36. The fourth-order valence-corrected chi connectivity index (χ4v) is 3.06. The molecule has 1 rings (SSSR count). The van der Waals surface area contributed by atoms with Gasteiger partial charge in [-0.15, -0.1) is 0 Å². The minimum atomic E-state index is -0.115. The van der Waals surface area contributed by atoms with Gasteiger partial charge < -0.3 is 20.1 Å². The first-order valence-electron chi connectivity index (χ1n) is 9.16. The van der Waals surface area contributed by atoms with Crippen molar-refractivity contribution in [1.82, 2.24) is 10.6 Å². The summed E-state index contributed by atoms with van der Waals surface area (Å²) in [4.78, 5) is 15.3. The van der Waals surface area contributed by atoms with Crippen molar-refractivity contribution in [1.29, 1.82) is 0 Å². The lowest BCUT2D eigenvalue weighted by atomic mass is 9.67. The second-order valence-corrected chi connectivity index (χ2v) is 6.69. The molecule has 0 radical (unpaired) electrons. The predicted molar refractivity (Wildman–Crippen MR) is 97.2 cm³/mol. The van der Waals surface area contributed by atoms with Crippen LogP contribution in [0.1, 0.15) is 57.8 Å². The van der Waals surface area contributed by atoms with Gasteiger partial charge in [0, 0.05) is 40.3 Å². The molecule has 0 aromatic rings. The SMILES string of the molecule is CN=C(NCCCCCCC(=O)OC)NCC1(CCOC)CCC1. The lowest BCUT2D eigenvalue weighted by molar-refractivity contribution is -0.140. The number of nitrogens with zero attached hydrogens (tertiary/aromatic N) is 1. The van der Waals surface area contributed by atoms with E-state index in [1.165, 1.54) is 26.4 Å². The van der Waals surface area contributed by atoms with Gasteiger partial charge in [0.1, 0.15) is 0 Å². The average Bonchev–Trinajstić information content (AvgIpc) is 2.57. The van der Waals surface area contributed by atoms with Crippen molar-refractivity contribution in [2.75, 3.05) is 41.0 Å². The Bertz CT molecular complexity index is 382. The summed E-state index contributed by atoms with van der Waals surface area (Å²) in [6.07, 6.45) is 9.68. The van der Waals surface area contributed by atoms with E-state index in [-0.39, 0.29) is 5.97 Å². The van der Waals surface area contributed by atoms with Gasteiger partial charge in [-0.3, -0.25) is 9.79 Å². The lowest BCUT2D eigenvalue weighted by Crippen LogP contribution is -2.47. The number of hydrogen-bond donors (Lipinski definition) is 2. The molecule has 0 unspecified atom stereocenters. The molecule has 0 atom stereocenters. The van der Waals surface area contributed by atoms with Crippen LogP contribution < -0.4 is 10.6 Å². The Morgan fingerprint density at radius 1 is 1.12 bits per heavy atom. The monoisotopic (exact) mass is 341 g/mol. The smallest absolute Gasteiger partial charge is 0.305 e. The standard InChI is InChI=1S/C18H35N3O3/c1-19-17(20-13-7-5-4-6-9-16(22)24-3)21-15-18(10-8-11-18)12-14-23-2/h4-15H2,1-3H3,(H2,19,20,21). The highest BCUT2D eigenvalue weighted by atomic mass is 16.5. The quantitative estimate of drug-likeness (QED) is 0.247. The first kappa shape index (κ1) is 20.7. The molecule has 0 aromatic heterocycles. The third kappa shape index (κ3) is 7.99. The highest BCUT2D eigenvalue weighted by molar-refractivity contribution is 5.79. The van der Waals surface area contributed by atoms with E-state index < -0.39 is 0 Å². The van der Waals surface area contributed by atoms with Gasteiger partial charge in [0.25, 0.3) is 0 Å². The number of hydrogen-bond acceptors (Lipinski definition) is 4. The molecule has 24 heavy (non-hydrogen) atoms. The molecule has 1 aliphatic carbocycles.